The predicted octanol–water partition coefficient (Wildman–Crippen LogP) is 3.98. The van der Waals surface area contributed by atoms with Crippen molar-refractivity contribution in [3.63, 3.8) is 0 Å². The first-order valence-electron chi connectivity index (χ1n) is 7.44. The van der Waals surface area contributed by atoms with Crippen LogP contribution in [0.1, 0.15) is 24.4 Å². The Labute approximate surface area is 145 Å². The molecule has 6 heteroatoms. The Balaban J connectivity index is 1.96. The summed E-state index contributed by atoms with van der Waals surface area (Å²) in [4.78, 5) is 0.320. The predicted molar refractivity (Wildman–Crippen MR) is 93.0 cm³/mol. The van der Waals surface area contributed by atoms with Crippen molar-refractivity contribution >= 4 is 26.0 Å². The molecule has 1 aliphatic heterocycles. The number of hydrogen-bond donors (Lipinski definition) is 0. The molecule has 0 spiro atoms. The number of sulfonamides is 1. The monoisotopic (exact) mass is 395 g/mol. The van der Waals surface area contributed by atoms with Gasteiger partial charge in [-0.15, -0.1) is 0 Å². The summed E-state index contributed by atoms with van der Waals surface area (Å²) in [6.07, 6.45) is 1.69. The zero-order valence-electron chi connectivity index (χ0n) is 12.8. The third-order valence-electron chi connectivity index (χ3n) is 4.13. The van der Waals surface area contributed by atoms with Crippen LogP contribution in [-0.2, 0) is 10.0 Å². The van der Waals surface area contributed by atoms with E-state index in [-0.39, 0.29) is 6.04 Å². The van der Waals surface area contributed by atoms with E-state index in [1.807, 2.05) is 30.3 Å². The van der Waals surface area contributed by atoms with Gasteiger partial charge in [-0.2, -0.15) is 4.31 Å². The van der Waals surface area contributed by atoms with Crippen LogP contribution < -0.4 is 4.74 Å². The molecule has 0 amide bonds. The molecule has 2 aromatic carbocycles. The first-order valence-corrected chi connectivity index (χ1v) is 9.67. The second-order valence-electron chi connectivity index (χ2n) is 5.48. The summed E-state index contributed by atoms with van der Waals surface area (Å²) >= 11 is 3.35. The van der Waals surface area contributed by atoms with Crippen molar-refractivity contribution in [1.82, 2.24) is 4.31 Å². The van der Waals surface area contributed by atoms with Crippen molar-refractivity contribution in [2.45, 2.75) is 23.8 Å². The Morgan fingerprint density at radius 1 is 1.13 bits per heavy atom. The van der Waals surface area contributed by atoms with E-state index in [2.05, 4.69) is 15.9 Å². The molecule has 1 saturated heterocycles. The maximum Gasteiger partial charge on any atom is 0.244 e. The highest BCUT2D eigenvalue weighted by atomic mass is 79.9. The Hall–Kier alpha value is -1.37. The third-order valence-corrected chi connectivity index (χ3v) is 7.05. The Morgan fingerprint density at radius 2 is 1.83 bits per heavy atom. The molecule has 0 aliphatic carbocycles. The lowest BCUT2D eigenvalue weighted by molar-refractivity contribution is 0.394. The van der Waals surface area contributed by atoms with Crippen molar-refractivity contribution in [2.75, 3.05) is 13.7 Å². The molecule has 1 aliphatic rings. The number of benzene rings is 2. The molecule has 3 rings (SSSR count). The maximum absolute atomic E-state index is 13.0. The molecular formula is C17H18BrNO3S. The summed E-state index contributed by atoms with van der Waals surface area (Å²) in [5.74, 6) is 0.770. The molecule has 1 heterocycles. The molecule has 1 fully saturated rings. The van der Waals surface area contributed by atoms with Gasteiger partial charge in [0.25, 0.3) is 0 Å². The van der Waals surface area contributed by atoms with Gasteiger partial charge in [-0.3, -0.25) is 0 Å². The molecule has 1 atom stereocenters. The lowest BCUT2D eigenvalue weighted by atomic mass is 10.1. The summed E-state index contributed by atoms with van der Waals surface area (Å²) in [5.41, 5.74) is 0.999. The van der Waals surface area contributed by atoms with Crippen LogP contribution >= 0.6 is 15.9 Å². The van der Waals surface area contributed by atoms with E-state index >= 15 is 0 Å². The fourth-order valence-corrected chi connectivity index (χ4v) is 5.61. The molecule has 4 nitrogen and oxygen atoms in total. The van der Waals surface area contributed by atoms with Crippen LogP contribution in [-0.4, -0.2) is 26.4 Å². The van der Waals surface area contributed by atoms with Crippen molar-refractivity contribution < 1.29 is 13.2 Å². The first kappa shape index (κ1) is 16.5. The maximum atomic E-state index is 13.0. The van der Waals surface area contributed by atoms with Gasteiger partial charge in [-0.1, -0.05) is 24.3 Å². The summed E-state index contributed by atoms with van der Waals surface area (Å²) in [7, 11) is -1.91. The Bertz CT molecular complexity index is 790. The smallest absolute Gasteiger partial charge is 0.244 e. The van der Waals surface area contributed by atoms with Crippen LogP contribution in [0.3, 0.4) is 0 Å². The van der Waals surface area contributed by atoms with Gasteiger partial charge in [-0.25, -0.2) is 8.42 Å². The molecule has 1 unspecified atom stereocenters. The molecular weight excluding hydrogens is 378 g/mol. The van der Waals surface area contributed by atoms with Gasteiger partial charge in [0, 0.05) is 11.0 Å². The van der Waals surface area contributed by atoms with Gasteiger partial charge in [0.15, 0.2) is 0 Å². The molecule has 23 heavy (non-hydrogen) atoms. The molecule has 122 valence electrons. The van der Waals surface area contributed by atoms with Crippen LogP contribution in [0.25, 0.3) is 0 Å². The van der Waals surface area contributed by atoms with E-state index in [1.165, 1.54) is 0 Å². The Kier molecular flexibility index (Phi) is 4.75. The van der Waals surface area contributed by atoms with E-state index in [1.54, 1.807) is 29.6 Å². The second-order valence-corrected chi connectivity index (χ2v) is 8.19. The third kappa shape index (κ3) is 3.16. The van der Waals surface area contributed by atoms with Crippen LogP contribution in [0.15, 0.2) is 57.9 Å². The molecule has 0 aromatic heterocycles. The number of methoxy groups -OCH3 is 1. The van der Waals surface area contributed by atoms with E-state index in [9.17, 15) is 8.42 Å². The molecule has 0 radical (unpaired) electrons. The quantitative estimate of drug-likeness (QED) is 0.786. The normalized spacial score (nSPS) is 19.0. The second kappa shape index (κ2) is 6.63. The molecule has 0 N–H and O–H groups in total. The Morgan fingerprint density at radius 3 is 2.48 bits per heavy atom. The fraction of sp³-hybridized carbons (Fsp3) is 0.294. The topological polar surface area (TPSA) is 46.6 Å². The standard InChI is InChI=1S/C17H18BrNO3S/c1-22-14-10-8-13(9-11-14)16-6-4-12-19(16)23(20,21)17-7-3-2-5-15(17)18/h2-3,5,7-11,16H,4,6,12H2,1H3. The number of halogens is 1. The van der Waals surface area contributed by atoms with Crippen LogP contribution in [0.4, 0.5) is 0 Å². The number of rotatable bonds is 4. The van der Waals surface area contributed by atoms with E-state index < -0.39 is 10.0 Å². The average molecular weight is 396 g/mol. The van der Waals surface area contributed by atoms with Gasteiger partial charge in [0.05, 0.1) is 18.0 Å². The minimum Gasteiger partial charge on any atom is -0.497 e. The van der Waals surface area contributed by atoms with E-state index in [0.29, 0.717) is 15.9 Å². The van der Waals surface area contributed by atoms with Crippen LogP contribution in [0, 0.1) is 0 Å². The number of ether oxygens (including phenoxy) is 1. The van der Waals surface area contributed by atoms with Crippen molar-refractivity contribution in [1.29, 1.82) is 0 Å². The summed E-state index contributed by atoms with van der Waals surface area (Å²) in [5, 5.41) is 0. The van der Waals surface area contributed by atoms with Gasteiger partial charge in [-0.05, 0) is 58.6 Å². The SMILES string of the molecule is COc1ccc(C2CCCN2S(=O)(=O)c2ccccc2Br)cc1. The number of hydrogen-bond acceptors (Lipinski definition) is 3. The largest absolute Gasteiger partial charge is 0.497 e. The van der Waals surface area contributed by atoms with Crippen molar-refractivity contribution in [2.24, 2.45) is 0 Å². The van der Waals surface area contributed by atoms with Gasteiger partial charge >= 0.3 is 0 Å². The van der Waals surface area contributed by atoms with Crippen molar-refractivity contribution in [3.05, 3.63) is 58.6 Å². The zero-order chi connectivity index (χ0) is 16.4. The van der Waals surface area contributed by atoms with Crippen LogP contribution in [0.2, 0.25) is 0 Å². The highest BCUT2D eigenvalue weighted by Crippen LogP contribution is 2.38. The van der Waals surface area contributed by atoms with Crippen LogP contribution in [0.5, 0.6) is 5.75 Å². The lowest BCUT2D eigenvalue weighted by Crippen LogP contribution is -2.30. The highest BCUT2D eigenvalue weighted by molar-refractivity contribution is 9.10. The van der Waals surface area contributed by atoms with Gasteiger partial charge in [0.2, 0.25) is 10.0 Å². The molecule has 2 aromatic rings. The minimum absolute atomic E-state index is 0.127. The van der Waals surface area contributed by atoms with Gasteiger partial charge < -0.3 is 4.74 Å². The van der Waals surface area contributed by atoms with E-state index in [4.69, 9.17) is 4.74 Å². The summed E-state index contributed by atoms with van der Waals surface area (Å²) in [6, 6.07) is 14.5. The summed E-state index contributed by atoms with van der Waals surface area (Å²) in [6.45, 7) is 0.542. The highest BCUT2D eigenvalue weighted by Gasteiger charge is 2.36. The van der Waals surface area contributed by atoms with E-state index in [0.717, 1.165) is 24.2 Å². The fourth-order valence-electron chi connectivity index (χ4n) is 2.97. The number of nitrogens with zero attached hydrogens (tertiary/aromatic N) is 1. The minimum atomic E-state index is -3.53. The lowest BCUT2D eigenvalue weighted by Gasteiger charge is -2.25. The first-order chi connectivity index (χ1) is 11.0. The average Bonchev–Trinajstić information content (AvgIpc) is 3.05. The molecule has 0 saturated carbocycles. The van der Waals surface area contributed by atoms with Crippen molar-refractivity contribution in [3.8, 4) is 5.75 Å². The zero-order valence-corrected chi connectivity index (χ0v) is 15.2. The van der Waals surface area contributed by atoms with Gasteiger partial charge in [0.1, 0.15) is 5.75 Å². The summed E-state index contributed by atoms with van der Waals surface area (Å²) < 4.78 is 33.4. The molecule has 0 bridgehead atoms.